The third-order valence-corrected chi connectivity index (χ3v) is 4.18. The van der Waals surface area contributed by atoms with E-state index in [1.807, 2.05) is 17.7 Å². The van der Waals surface area contributed by atoms with Crippen LogP contribution < -0.4 is 4.90 Å². The first-order valence-electron chi connectivity index (χ1n) is 7.39. The molecule has 0 spiro atoms. The average molecular weight is 288 g/mol. The predicted molar refractivity (Wildman–Crippen MR) is 82.9 cm³/mol. The van der Waals surface area contributed by atoms with E-state index in [2.05, 4.69) is 18.7 Å². The van der Waals surface area contributed by atoms with Crippen LogP contribution in [0.5, 0.6) is 0 Å². The molecule has 0 aliphatic carbocycles. The summed E-state index contributed by atoms with van der Waals surface area (Å²) in [6.07, 6.45) is 2.16. The summed E-state index contributed by atoms with van der Waals surface area (Å²) in [5, 5.41) is 11.4. The summed E-state index contributed by atoms with van der Waals surface area (Å²) in [6, 6.07) is 3.42. The maximum atomic E-state index is 11.4. The molecule has 3 rings (SSSR count). The van der Waals surface area contributed by atoms with Gasteiger partial charge in [0, 0.05) is 32.1 Å². The van der Waals surface area contributed by atoms with Crippen molar-refractivity contribution in [1.29, 1.82) is 0 Å². The number of benzene rings is 1. The number of nitro benzene ring substituents is 1. The number of rotatable bonds is 3. The zero-order valence-corrected chi connectivity index (χ0v) is 12.7. The number of imidazole rings is 1. The first kappa shape index (κ1) is 13.9. The standard InChI is InChI=1S/C15H20N4O2/c1-10(2)15-16-13-11(17(15)3)6-7-12(19(20)21)14(13)18-8-4-5-9-18/h6-7,10H,4-5,8-9H2,1-3H3. The van der Waals surface area contributed by atoms with Crippen LogP contribution in [0.1, 0.15) is 38.4 Å². The molecule has 6 nitrogen and oxygen atoms in total. The van der Waals surface area contributed by atoms with Crippen molar-refractivity contribution in [3.63, 3.8) is 0 Å². The van der Waals surface area contributed by atoms with E-state index in [0.717, 1.165) is 42.8 Å². The summed E-state index contributed by atoms with van der Waals surface area (Å²) < 4.78 is 2.04. The molecule has 1 aromatic heterocycles. The zero-order valence-electron chi connectivity index (χ0n) is 12.7. The van der Waals surface area contributed by atoms with Gasteiger partial charge in [-0.1, -0.05) is 13.8 Å². The average Bonchev–Trinajstić information content (AvgIpc) is 3.05. The third kappa shape index (κ3) is 2.14. The number of nitro groups is 1. The van der Waals surface area contributed by atoms with Gasteiger partial charge in [0.1, 0.15) is 17.0 Å². The third-order valence-electron chi connectivity index (χ3n) is 4.18. The molecule has 6 heteroatoms. The molecule has 2 aromatic rings. The molecular weight excluding hydrogens is 268 g/mol. The van der Waals surface area contributed by atoms with Crippen molar-refractivity contribution in [2.24, 2.45) is 7.05 Å². The van der Waals surface area contributed by atoms with Crippen molar-refractivity contribution in [1.82, 2.24) is 9.55 Å². The molecule has 1 fully saturated rings. The van der Waals surface area contributed by atoms with Gasteiger partial charge in [-0.05, 0) is 18.9 Å². The lowest BCUT2D eigenvalue weighted by Crippen LogP contribution is -2.19. The Bertz CT molecular complexity index is 699. The Labute approximate surface area is 123 Å². The Balaban J connectivity index is 2.30. The summed E-state index contributed by atoms with van der Waals surface area (Å²) in [5.74, 6) is 1.25. The Morgan fingerprint density at radius 2 is 1.95 bits per heavy atom. The second-order valence-corrected chi connectivity index (χ2v) is 5.94. The van der Waals surface area contributed by atoms with Gasteiger partial charge in [0.05, 0.1) is 10.4 Å². The lowest BCUT2D eigenvalue weighted by molar-refractivity contribution is -0.384. The van der Waals surface area contributed by atoms with E-state index >= 15 is 0 Å². The first-order chi connectivity index (χ1) is 10.0. The summed E-state index contributed by atoms with van der Waals surface area (Å²) in [4.78, 5) is 17.9. The van der Waals surface area contributed by atoms with E-state index < -0.39 is 0 Å². The van der Waals surface area contributed by atoms with Crippen molar-refractivity contribution in [3.05, 3.63) is 28.1 Å². The molecule has 0 radical (unpaired) electrons. The van der Waals surface area contributed by atoms with Gasteiger partial charge >= 0.3 is 0 Å². The lowest BCUT2D eigenvalue weighted by Gasteiger charge is -2.17. The monoisotopic (exact) mass is 288 g/mol. The Morgan fingerprint density at radius 3 is 2.52 bits per heavy atom. The van der Waals surface area contributed by atoms with Crippen molar-refractivity contribution >= 4 is 22.4 Å². The van der Waals surface area contributed by atoms with E-state index in [0.29, 0.717) is 5.69 Å². The van der Waals surface area contributed by atoms with Crippen LogP contribution >= 0.6 is 0 Å². The fourth-order valence-corrected chi connectivity index (χ4v) is 3.17. The summed E-state index contributed by atoms with van der Waals surface area (Å²) >= 11 is 0. The number of hydrogen-bond acceptors (Lipinski definition) is 4. The van der Waals surface area contributed by atoms with Gasteiger partial charge in [-0.3, -0.25) is 10.1 Å². The second-order valence-electron chi connectivity index (χ2n) is 5.94. The molecule has 0 N–H and O–H groups in total. The van der Waals surface area contributed by atoms with Gasteiger partial charge in [-0.15, -0.1) is 0 Å². The highest BCUT2D eigenvalue weighted by Crippen LogP contribution is 2.38. The molecule has 21 heavy (non-hydrogen) atoms. The topological polar surface area (TPSA) is 64.2 Å². The van der Waals surface area contributed by atoms with Crippen LogP contribution in [0.25, 0.3) is 11.0 Å². The molecule has 1 aromatic carbocycles. The van der Waals surface area contributed by atoms with E-state index in [-0.39, 0.29) is 16.5 Å². The molecule has 0 saturated carbocycles. The quantitative estimate of drug-likeness (QED) is 0.642. The minimum atomic E-state index is -0.295. The summed E-state index contributed by atoms with van der Waals surface area (Å²) in [6.45, 7) is 5.91. The first-order valence-corrected chi connectivity index (χ1v) is 7.39. The highest BCUT2D eigenvalue weighted by Gasteiger charge is 2.27. The van der Waals surface area contributed by atoms with Gasteiger partial charge in [0.15, 0.2) is 0 Å². The van der Waals surface area contributed by atoms with Crippen LogP contribution in [-0.4, -0.2) is 27.6 Å². The highest BCUT2D eigenvalue weighted by molar-refractivity contribution is 5.95. The van der Waals surface area contributed by atoms with Crippen LogP contribution in [0.3, 0.4) is 0 Å². The number of anilines is 1. The molecular formula is C15H20N4O2. The fourth-order valence-electron chi connectivity index (χ4n) is 3.17. The molecule has 2 heterocycles. The van der Waals surface area contributed by atoms with E-state index in [4.69, 9.17) is 4.98 Å². The number of nitrogens with zero attached hydrogens (tertiary/aromatic N) is 4. The fraction of sp³-hybridized carbons (Fsp3) is 0.533. The Hall–Kier alpha value is -2.11. The van der Waals surface area contributed by atoms with Crippen LogP contribution in [0, 0.1) is 10.1 Å². The van der Waals surface area contributed by atoms with Crippen molar-refractivity contribution in [2.75, 3.05) is 18.0 Å². The number of hydrogen-bond donors (Lipinski definition) is 0. The molecule has 1 saturated heterocycles. The number of aryl methyl sites for hydroxylation is 1. The molecule has 1 aliphatic rings. The zero-order chi connectivity index (χ0) is 15.1. The van der Waals surface area contributed by atoms with E-state index in [1.54, 1.807) is 6.07 Å². The molecule has 0 unspecified atom stereocenters. The maximum absolute atomic E-state index is 11.4. The second kappa shape index (κ2) is 5.02. The smallest absolute Gasteiger partial charge is 0.294 e. The SMILES string of the molecule is CC(C)c1nc2c(N3CCCC3)c([N+](=O)[O-])ccc2n1C. The van der Waals surface area contributed by atoms with Gasteiger partial charge in [0.25, 0.3) is 5.69 Å². The van der Waals surface area contributed by atoms with Crippen molar-refractivity contribution < 1.29 is 4.92 Å². The molecule has 0 amide bonds. The molecule has 0 bridgehead atoms. The molecule has 0 atom stereocenters. The van der Waals surface area contributed by atoms with Crippen LogP contribution in [-0.2, 0) is 7.05 Å². The minimum Gasteiger partial charge on any atom is -0.364 e. The molecule has 1 aliphatic heterocycles. The van der Waals surface area contributed by atoms with Gasteiger partial charge in [-0.2, -0.15) is 0 Å². The molecule has 112 valence electrons. The van der Waals surface area contributed by atoms with Gasteiger partial charge in [-0.25, -0.2) is 4.98 Å². The Kier molecular flexibility index (Phi) is 3.31. The largest absolute Gasteiger partial charge is 0.364 e. The maximum Gasteiger partial charge on any atom is 0.294 e. The minimum absolute atomic E-state index is 0.165. The highest BCUT2D eigenvalue weighted by atomic mass is 16.6. The van der Waals surface area contributed by atoms with Crippen LogP contribution in [0.4, 0.5) is 11.4 Å². The number of fused-ring (bicyclic) bond motifs is 1. The van der Waals surface area contributed by atoms with Crippen molar-refractivity contribution in [3.8, 4) is 0 Å². The number of aromatic nitrogens is 2. The lowest BCUT2D eigenvalue weighted by atomic mass is 10.2. The van der Waals surface area contributed by atoms with Crippen LogP contribution in [0.2, 0.25) is 0 Å². The van der Waals surface area contributed by atoms with E-state index in [1.165, 1.54) is 0 Å². The van der Waals surface area contributed by atoms with Crippen LogP contribution in [0.15, 0.2) is 12.1 Å². The normalized spacial score (nSPS) is 15.3. The summed E-state index contributed by atoms with van der Waals surface area (Å²) in [7, 11) is 1.98. The van der Waals surface area contributed by atoms with Crippen molar-refractivity contribution in [2.45, 2.75) is 32.6 Å². The van der Waals surface area contributed by atoms with Gasteiger partial charge in [0.2, 0.25) is 0 Å². The Morgan fingerprint density at radius 1 is 1.29 bits per heavy atom. The van der Waals surface area contributed by atoms with Gasteiger partial charge < -0.3 is 9.47 Å². The predicted octanol–water partition coefficient (Wildman–Crippen LogP) is 3.21. The van der Waals surface area contributed by atoms with E-state index in [9.17, 15) is 10.1 Å². The summed E-state index contributed by atoms with van der Waals surface area (Å²) in [5.41, 5.74) is 2.58.